The van der Waals surface area contributed by atoms with Gasteiger partial charge in [0, 0.05) is 25.6 Å². The fourth-order valence-corrected chi connectivity index (χ4v) is 3.24. The van der Waals surface area contributed by atoms with E-state index in [4.69, 9.17) is 4.74 Å². The van der Waals surface area contributed by atoms with E-state index in [1.807, 2.05) is 0 Å². The summed E-state index contributed by atoms with van der Waals surface area (Å²) in [6.07, 6.45) is 3.97. The van der Waals surface area contributed by atoms with Gasteiger partial charge < -0.3 is 15.2 Å². The molecule has 1 saturated carbocycles. The second-order valence-corrected chi connectivity index (χ2v) is 6.18. The first-order valence-corrected chi connectivity index (χ1v) is 7.90. The summed E-state index contributed by atoms with van der Waals surface area (Å²) in [6.45, 7) is 5.42. The minimum Gasteiger partial charge on any atom is -0.480 e. The third kappa shape index (κ3) is 4.17. The van der Waals surface area contributed by atoms with Crippen molar-refractivity contribution >= 4 is 11.9 Å². The molecular formula is C15H26N2O4. The molecule has 1 atom stereocenters. The van der Waals surface area contributed by atoms with Gasteiger partial charge in [-0.05, 0) is 26.2 Å². The molecule has 0 bridgehead atoms. The van der Waals surface area contributed by atoms with Crippen LogP contribution in [-0.2, 0) is 14.3 Å². The number of nitrogens with zero attached hydrogens (tertiary/aromatic N) is 1. The highest BCUT2D eigenvalue weighted by Gasteiger charge is 2.42. The number of carbonyl (C=O) groups excluding carboxylic acids is 1. The molecule has 0 aromatic carbocycles. The van der Waals surface area contributed by atoms with E-state index >= 15 is 0 Å². The van der Waals surface area contributed by atoms with Gasteiger partial charge >= 0.3 is 5.97 Å². The summed E-state index contributed by atoms with van der Waals surface area (Å²) in [5.74, 6) is -1.03. The lowest BCUT2D eigenvalue weighted by Gasteiger charge is -2.32. The maximum atomic E-state index is 12.1. The van der Waals surface area contributed by atoms with Crippen molar-refractivity contribution in [1.29, 1.82) is 0 Å². The minimum atomic E-state index is -1.01. The first kappa shape index (κ1) is 16.2. The number of carboxylic acids is 1. The topological polar surface area (TPSA) is 78.9 Å². The van der Waals surface area contributed by atoms with Crippen LogP contribution in [0.25, 0.3) is 0 Å². The molecule has 0 aromatic rings. The number of carboxylic acid groups (broad SMARTS) is 1. The standard InChI is InChI=1S/C15H26N2O4/c1-12(17-8-10-21-11-9-17)4-5-13(18)16-15(14(19)20)6-2-3-7-15/h12H,2-11H2,1H3,(H,16,18)(H,19,20)/t12-/m0/s1. The Balaban J connectivity index is 1.77. The number of morpholine rings is 1. The van der Waals surface area contributed by atoms with Crippen LogP contribution in [-0.4, -0.2) is 59.8 Å². The Bertz CT molecular complexity index is 374. The van der Waals surface area contributed by atoms with Crippen molar-refractivity contribution in [1.82, 2.24) is 10.2 Å². The number of ether oxygens (including phenoxy) is 1. The van der Waals surface area contributed by atoms with Crippen molar-refractivity contribution in [2.24, 2.45) is 0 Å². The molecule has 2 rings (SSSR count). The molecule has 120 valence electrons. The van der Waals surface area contributed by atoms with Crippen molar-refractivity contribution < 1.29 is 19.4 Å². The number of carbonyl (C=O) groups is 2. The average molecular weight is 298 g/mol. The number of hydrogen-bond acceptors (Lipinski definition) is 4. The van der Waals surface area contributed by atoms with Crippen molar-refractivity contribution in [3.63, 3.8) is 0 Å². The van der Waals surface area contributed by atoms with E-state index in [-0.39, 0.29) is 5.91 Å². The summed E-state index contributed by atoms with van der Waals surface area (Å²) in [5, 5.41) is 12.1. The Labute approximate surface area is 125 Å². The third-order valence-electron chi connectivity index (χ3n) is 4.70. The van der Waals surface area contributed by atoms with Crippen LogP contribution in [0.1, 0.15) is 45.4 Å². The number of aliphatic carboxylic acids is 1. The van der Waals surface area contributed by atoms with E-state index in [1.165, 1.54) is 0 Å². The zero-order valence-electron chi connectivity index (χ0n) is 12.8. The van der Waals surface area contributed by atoms with E-state index in [0.29, 0.717) is 25.3 Å². The van der Waals surface area contributed by atoms with Crippen LogP contribution in [0.2, 0.25) is 0 Å². The number of amides is 1. The molecule has 21 heavy (non-hydrogen) atoms. The highest BCUT2D eigenvalue weighted by Crippen LogP contribution is 2.30. The number of hydrogen-bond donors (Lipinski definition) is 2. The van der Waals surface area contributed by atoms with Crippen LogP contribution in [0, 0.1) is 0 Å². The van der Waals surface area contributed by atoms with Crippen LogP contribution in [0.3, 0.4) is 0 Å². The van der Waals surface area contributed by atoms with Crippen molar-refractivity contribution in [2.45, 2.75) is 57.0 Å². The molecule has 6 heteroatoms. The molecule has 2 N–H and O–H groups in total. The molecular weight excluding hydrogens is 272 g/mol. The molecule has 2 aliphatic rings. The monoisotopic (exact) mass is 298 g/mol. The summed E-state index contributed by atoms with van der Waals surface area (Å²) in [5.41, 5.74) is -1.01. The van der Waals surface area contributed by atoms with Crippen LogP contribution < -0.4 is 5.32 Å². The molecule has 1 aliphatic carbocycles. The lowest BCUT2D eigenvalue weighted by atomic mass is 9.97. The molecule has 0 radical (unpaired) electrons. The summed E-state index contributed by atoms with van der Waals surface area (Å²) in [7, 11) is 0. The minimum absolute atomic E-state index is 0.139. The molecule has 0 spiro atoms. The first-order chi connectivity index (χ1) is 10.0. The summed E-state index contributed by atoms with van der Waals surface area (Å²) < 4.78 is 5.32. The van der Waals surface area contributed by atoms with Gasteiger partial charge in [0.15, 0.2) is 0 Å². The fourth-order valence-electron chi connectivity index (χ4n) is 3.24. The normalized spacial score (nSPS) is 23.7. The fraction of sp³-hybridized carbons (Fsp3) is 0.867. The van der Waals surface area contributed by atoms with Crippen LogP contribution in [0.15, 0.2) is 0 Å². The van der Waals surface area contributed by atoms with Crippen molar-refractivity contribution in [3.8, 4) is 0 Å². The Morgan fingerprint density at radius 2 is 1.90 bits per heavy atom. The van der Waals surface area contributed by atoms with Crippen LogP contribution in [0.4, 0.5) is 0 Å². The van der Waals surface area contributed by atoms with Gasteiger partial charge in [-0.1, -0.05) is 12.8 Å². The third-order valence-corrected chi connectivity index (χ3v) is 4.70. The van der Waals surface area contributed by atoms with Crippen molar-refractivity contribution in [3.05, 3.63) is 0 Å². The van der Waals surface area contributed by atoms with E-state index in [9.17, 15) is 14.7 Å². The van der Waals surface area contributed by atoms with Crippen LogP contribution >= 0.6 is 0 Å². The van der Waals surface area contributed by atoms with Gasteiger partial charge in [0.1, 0.15) is 5.54 Å². The van der Waals surface area contributed by atoms with Gasteiger partial charge in [0.05, 0.1) is 13.2 Å². The maximum Gasteiger partial charge on any atom is 0.329 e. The Hall–Kier alpha value is -1.14. The summed E-state index contributed by atoms with van der Waals surface area (Å²) in [4.78, 5) is 25.8. The molecule has 1 heterocycles. The van der Waals surface area contributed by atoms with Gasteiger partial charge in [-0.3, -0.25) is 9.69 Å². The van der Waals surface area contributed by atoms with Gasteiger partial charge in [-0.2, -0.15) is 0 Å². The zero-order valence-corrected chi connectivity index (χ0v) is 12.8. The average Bonchev–Trinajstić information content (AvgIpc) is 2.95. The number of nitrogens with one attached hydrogen (secondary N) is 1. The van der Waals surface area contributed by atoms with Crippen LogP contribution in [0.5, 0.6) is 0 Å². The Morgan fingerprint density at radius 3 is 2.48 bits per heavy atom. The lowest BCUT2D eigenvalue weighted by Crippen LogP contribution is -2.52. The molecule has 0 unspecified atom stereocenters. The summed E-state index contributed by atoms with van der Waals surface area (Å²) in [6, 6.07) is 0.323. The predicted molar refractivity (Wildman–Crippen MR) is 78.1 cm³/mol. The maximum absolute atomic E-state index is 12.1. The largest absolute Gasteiger partial charge is 0.480 e. The molecule has 2 fully saturated rings. The highest BCUT2D eigenvalue weighted by atomic mass is 16.5. The molecule has 6 nitrogen and oxygen atoms in total. The SMILES string of the molecule is C[C@@H](CCC(=O)NC1(C(=O)O)CCCC1)N1CCOCC1. The van der Waals surface area contributed by atoms with Gasteiger partial charge in [0.2, 0.25) is 5.91 Å². The Morgan fingerprint density at radius 1 is 1.29 bits per heavy atom. The molecule has 1 amide bonds. The smallest absolute Gasteiger partial charge is 0.329 e. The quantitative estimate of drug-likeness (QED) is 0.765. The van der Waals surface area contributed by atoms with E-state index in [0.717, 1.165) is 45.6 Å². The van der Waals surface area contributed by atoms with Gasteiger partial charge in [-0.15, -0.1) is 0 Å². The second kappa shape index (κ2) is 7.22. The zero-order chi connectivity index (χ0) is 15.3. The highest BCUT2D eigenvalue weighted by molar-refractivity contribution is 5.87. The van der Waals surface area contributed by atoms with E-state index in [1.54, 1.807) is 0 Å². The van der Waals surface area contributed by atoms with Gasteiger partial charge in [-0.25, -0.2) is 4.79 Å². The Kier molecular flexibility index (Phi) is 5.58. The molecule has 1 saturated heterocycles. The lowest BCUT2D eigenvalue weighted by molar-refractivity contribution is -0.147. The second-order valence-electron chi connectivity index (χ2n) is 6.18. The van der Waals surface area contributed by atoms with Crippen molar-refractivity contribution in [2.75, 3.05) is 26.3 Å². The first-order valence-electron chi connectivity index (χ1n) is 7.90. The van der Waals surface area contributed by atoms with Gasteiger partial charge in [0.25, 0.3) is 0 Å². The molecule has 1 aliphatic heterocycles. The van der Waals surface area contributed by atoms with E-state index in [2.05, 4.69) is 17.1 Å². The predicted octanol–water partition coefficient (Wildman–Crippen LogP) is 1.00. The number of rotatable bonds is 6. The van der Waals surface area contributed by atoms with E-state index < -0.39 is 11.5 Å². The molecule has 0 aromatic heterocycles. The summed E-state index contributed by atoms with van der Waals surface area (Å²) >= 11 is 0.